The summed E-state index contributed by atoms with van der Waals surface area (Å²) in [6.45, 7) is 12.7. The van der Waals surface area contributed by atoms with Crippen LogP contribution in [0.25, 0.3) is 0 Å². The summed E-state index contributed by atoms with van der Waals surface area (Å²) >= 11 is 0. The van der Waals surface area contributed by atoms with Crippen LogP contribution >= 0.6 is 0 Å². The number of aliphatic hydroxyl groups is 1. The Bertz CT molecular complexity index is 999. The molecule has 2 heterocycles. The van der Waals surface area contributed by atoms with Gasteiger partial charge in [0.1, 0.15) is 5.76 Å². The minimum atomic E-state index is -3.64. The zero-order valence-corrected chi connectivity index (χ0v) is 18.8. The Labute approximate surface area is 172 Å². The van der Waals surface area contributed by atoms with Crippen molar-refractivity contribution in [3.8, 4) is 0 Å². The second-order valence-electron chi connectivity index (χ2n) is 8.19. The van der Waals surface area contributed by atoms with E-state index in [2.05, 4.69) is 14.7 Å². The molecular weight excluding hydrogens is 392 g/mol. The quantitative estimate of drug-likeness (QED) is 0.657. The van der Waals surface area contributed by atoms with E-state index in [1.807, 2.05) is 27.7 Å². The Morgan fingerprint density at radius 1 is 1.24 bits per heavy atom. The SMILES string of the molecule is Cc1oc(S(N)(=O)=NC(=O)Nc2c(C(C)C)cncc2C(C)C)cc1C(C)(C)O. The molecule has 0 aliphatic rings. The minimum Gasteiger partial charge on any atom is -0.450 e. The van der Waals surface area contributed by atoms with Gasteiger partial charge in [-0.15, -0.1) is 4.36 Å². The Balaban J connectivity index is 2.45. The molecule has 4 N–H and O–H groups in total. The lowest BCUT2D eigenvalue weighted by atomic mass is 9.95. The molecule has 1 atom stereocenters. The standard InChI is InChI=1S/C20H30N4O4S/c1-11(2)14-9-22-10-15(12(3)4)18(14)23-19(25)24-29(21,27)17-8-16(13(5)28-17)20(6,7)26/h8-12,26H,1-7H3,(H3,21,22,23,24,25,27). The van der Waals surface area contributed by atoms with Gasteiger partial charge in [0, 0.05) is 24.0 Å². The summed E-state index contributed by atoms with van der Waals surface area (Å²) in [5.41, 5.74) is 1.52. The van der Waals surface area contributed by atoms with Gasteiger partial charge in [-0.1, -0.05) is 27.7 Å². The van der Waals surface area contributed by atoms with Crippen molar-refractivity contribution in [2.75, 3.05) is 5.32 Å². The van der Waals surface area contributed by atoms with Gasteiger partial charge < -0.3 is 14.8 Å². The van der Waals surface area contributed by atoms with Gasteiger partial charge in [0.15, 0.2) is 9.92 Å². The third-order valence-corrected chi connectivity index (χ3v) is 5.76. The number of anilines is 1. The van der Waals surface area contributed by atoms with E-state index >= 15 is 0 Å². The van der Waals surface area contributed by atoms with Gasteiger partial charge in [0.2, 0.25) is 5.09 Å². The summed E-state index contributed by atoms with van der Waals surface area (Å²) in [5.74, 6) is 0.584. The van der Waals surface area contributed by atoms with Gasteiger partial charge in [-0.2, -0.15) is 0 Å². The maximum absolute atomic E-state index is 12.9. The molecule has 0 aliphatic carbocycles. The van der Waals surface area contributed by atoms with Crippen molar-refractivity contribution in [1.29, 1.82) is 0 Å². The summed E-state index contributed by atoms with van der Waals surface area (Å²) in [7, 11) is -3.64. The summed E-state index contributed by atoms with van der Waals surface area (Å²) in [4.78, 5) is 16.8. The van der Waals surface area contributed by atoms with Crippen LogP contribution in [0.1, 0.15) is 75.8 Å². The average molecular weight is 423 g/mol. The van der Waals surface area contributed by atoms with Crippen LogP contribution in [0, 0.1) is 6.92 Å². The van der Waals surface area contributed by atoms with Crippen LogP contribution in [0.3, 0.4) is 0 Å². The van der Waals surface area contributed by atoms with E-state index in [1.165, 1.54) is 6.07 Å². The molecule has 0 fully saturated rings. The summed E-state index contributed by atoms with van der Waals surface area (Å²) < 4.78 is 22.0. The molecule has 0 aliphatic heterocycles. The highest BCUT2D eigenvalue weighted by molar-refractivity contribution is 7.91. The smallest absolute Gasteiger partial charge is 0.354 e. The van der Waals surface area contributed by atoms with Crippen molar-refractivity contribution < 1.29 is 18.5 Å². The first-order valence-corrected chi connectivity index (χ1v) is 11.0. The first kappa shape index (κ1) is 23.1. The summed E-state index contributed by atoms with van der Waals surface area (Å²) in [6.07, 6.45) is 3.38. The van der Waals surface area contributed by atoms with Crippen LogP contribution in [0.5, 0.6) is 0 Å². The second kappa shape index (κ2) is 8.25. The van der Waals surface area contributed by atoms with Crippen LogP contribution < -0.4 is 10.5 Å². The van der Waals surface area contributed by atoms with Gasteiger partial charge in [-0.05, 0) is 43.7 Å². The van der Waals surface area contributed by atoms with Crippen LogP contribution in [0.15, 0.2) is 32.3 Å². The lowest BCUT2D eigenvalue weighted by Crippen LogP contribution is -2.19. The molecule has 2 aromatic heterocycles. The van der Waals surface area contributed by atoms with Gasteiger partial charge in [0.05, 0.1) is 11.3 Å². The van der Waals surface area contributed by atoms with Crippen molar-refractivity contribution in [3.63, 3.8) is 0 Å². The highest BCUT2D eigenvalue weighted by Crippen LogP contribution is 2.32. The fourth-order valence-corrected chi connectivity index (χ4v) is 3.93. The number of nitrogens with two attached hydrogens (primary N) is 1. The molecule has 29 heavy (non-hydrogen) atoms. The molecule has 2 aromatic rings. The first-order chi connectivity index (χ1) is 13.2. The van der Waals surface area contributed by atoms with E-state index in [-0.39, 0.29) is 16.9 Å². The molecule has 0 saturated heterocycles. The van der Waals surface area contributed by atoms with E-state index in [4.69, 9.17) is 9.56 Å². The predicted octanol–water partition coefficient (Wildman–Crippen LogP) is 4.39. The zero-order valence-electron chi connectivity index (χ0n) is 17.9. The lowest BCUT2D eigenvalue weighted by Gasteiger charge is -2.18. The van der Waals surface area contributed by atoms with E-state index in [1.54, 1.807) is 33.2 Å². The van der Waals surface area contributed by atoms with Gasteiger partial charge >= 0.3 is 6.03 Å². The highest BCUT2D eigenvalue weighted by atomic mass is 32.2. The molecule has 9 heteroatoms. The molecule has 160 valence electrons. The highest BCUT2D eigenvalue weighted by Gasteiger charge is 2.26. The maximum Gasteiger partial charge on any atom is 0.354 e. The number of furan rings is 1. The number of hydrogen-bond donors (Lipinski definition) is 3. The first-order valence-electron chi connectivity index (χ1n) is 9.41. The fourth-order valence-electron chi connectivity index (χ4n) is 3.02. The molecule has 0 radical (unpaired) electrons. The van der Waals surface area contributed by atoms with Crippen LogP contribution in [-0.4, -0.2) is 20.3 Å². The Kier molecular flexibility index (Phi) is 6.56. The number of pyridine rings is 1. The monoisotopic (exact) mass is 422 g/mol. The number of rotatable bonds is 5. The van der Waals surface area contributed by atoms with Crippen molar-refractivity contribution in [2.45, 2.75) is 71.0 Å². The third kappa shape index (κ3) is 5.23. The predicted molar refractivity (Wildman–Crippen MR) is 113 cm³/mol. The van der Waals surface area contributed by atoms with E-state index in [0.29, 0.717) is 17.0 Å². The number of nitrogens with zero attached hydrogens (tertiary/aromatic N) is 2. The van der Waals surface area contributed by atoms with E-state index in [9.17, 15) is 14.1 Å². The van der Waals surface area contributed by atoms with Gasteiger partial charge in [-0.25, -0.2) is 14.1 Å². The number of hydrogen-bond acceptors (Lipinski definition) is 5. The van der Waals surface area contributed by atoms with Crippen molar-refractivity contribution >= 4 is 21.6 Å². The number of aryl methyl sites for hydroxylation is 1. The fraction of sp³-hybridized carbons (Fsp3) is 0.500. The molecule has 0 bridgehead atoms. The number of carbonyl (C=O) groups is 1. The van der Waals surface area contributed by atoms with Crippen molar-refractivity contribution in [3.05, 3.63) is 40.9 Å². The number of amides is 2. The number of urea groups is 1. The number of aromatic nitrogens is 1. The van der Waals surface area contributed by atoms with Crippen molar-refractivity contribution in [2.24, 2.45) is 9.50 Å². The summed E-state index contributed by atoms with van der Waals surface area (Å²) in [6, 6.07) is 0.534. The van der Waals surface area contributed by atoms with Crippen LogP contribution in [0.4, 0.5) is 10.5 Å². The lowest BCUT2D eigenvalue weighted by molar-refractivity contribution is 0.0769. The number of carbonyl (C=O) groups excluding carboxylic acids is 1. The van der Waals surface area contributed by atoms with Gasteiger partial charge in [0.25, 0.3) is 0 Å². The molecule has 1 unspecified atom stereocenters. The largest absolute Gasteiger partial charge is 0.450 e. The third-order valence-electron chi connectivity index (χ3n) is 4.54. The Morgan fingerprint density at radius 3 is 2.17 bits per heavy atom. The number of nitrogens with one attached hydrogen (secondary N) is 1. The van der Waals surface area contributed by atoms with Crippen LogP contribution in [0.2, 0.25) is 0 Å². The molecule has 2 rings (SSSR count). The zero-order chi connectivity index (χ0) is 22.1. The topological polar surface area (TPSA) is 131 Å². The molecule has 0 saturated carbocycles. The van der Waals surface area contributed by atoms with E-state index < -0.39 is 21.5 Å². The Hall–Kier alpha value is -2.23. The molecule has 0 spiro atoms. The molecule has 2 amide bonds. The molecule has 0 aromatic carbocycles. The van der Waals surface area contributed by atoms with E-state index in [0.717, 1.165) is 11.1 Å². The van der Waals surface area contributed by atoms with Crippen molar-refractivity contribution in [1.82, 2.24) is 4.98 Å². The normalized spacial score (nSPS) is 14.2. The van der Waals surface area contributed by atoms with Gasteiger partial charge in [-0.3, -0.25) is 4.98 Å². The maximum atomic E-state index is 12.9. The minimum absolute atomic E-state index is 0.112. The van der Waals surface area contributed by atoms with Crippen LogP contribution in [-0.2, 0) is 15.5 Å². The second-order valence-corrected chi connectivity index (χ2v) is 9.91. The molecule has 8 nitrogen and oxygen atoms in total. The molecular formula is C20H30N4O4S. The average Bonchev–Trinajstić information content (AvgIpc) is 2.97. The summed E-state index contributed by atoms with van der Waals surface area (Å²) in [5, 5.41) is 18.6. The Morgan fingerprint density at radius 2 is 1.76 bits per heavy atom.